The summed E-state index contributed by atoms with van der Waals surface area (Å²) in [5.74, 6) is 0.132. The Morgan fingerprint density at radius 3 is 2.58 bits per heavy atom. The number of nitro benzene ring substituents is 1. The monoisotopic (exact) mass is 348 g/mol. The third-order valence-corrected chi connectivity index (χ3v) is 3.71. The first-order chi connectivity index (χ1) is 11.3. The van der Waals surface area contributed by atoms with E-state index in [4.69, 9.17) is 16.3 Å². The van der Waals surface area contributed by atoms with Crippen molar-refractivity contribution in [2.24, 2.45) is 0 Å². The molecule has 1 N–H and O–H groups in total. The highest BCUT2D eigenvalue weighted by Crippen LogP contribution is 2.26. The van der Waals surface area contributed by atoms with Crippen LogP contribution in [0.15, 0.2) is 36.4 Å². The number of anilines is 1. The van der Waals surface area contributed by atoms with E-state index >= 15 is 0 Å². The number of amides is 1. The maximum absolute atomic E-state index is 12.3. The van der Waals surface area contributed by atoms with E-state index in [0.717, 1.165) is 0 Å². The number of hydrogen-bond donors (Lipinski definition) is 1. The van der Waals surface area contributed by atoms with Crippen LogP contribution in [0.1, 0.15) is 18.1 Å². The molecule has 2 aromatic rings. The summed E-state index contributed by atoms with van der Waals surface area (Å²) in [4.78, 5) is 22.8. The van der Waals surface area contributed by atoms with Crippen LogP contribution in [0, 0.1) is 24.0 Å². The number of rotatable bonds is 5. The zero-order chi connectivity index (χ0) is 17.9. The molecule has 0 saturated heterocycles. The lowest BCUT2D eigenvalue weighted by molar-refractivity contribution is -0.385. The summed E-state index contributed by atoms with van der Waals surface area (Å²) in [6, 6.07) is 9.78. The number of nitro groups is 1. The zero-order valence-corrected chi connectivity index (χ0v) is 14.3. The summed E-state index contributed by atoms with van der Waals surface area (Å²) in [5, 5.41) is 14.2. The summed E-state index contributed by atoms with van der Waals surface area (Å²) in [5.41, 5.74) is 1.62. The van der Waals surface area contributed by atoms with Gasteiger partial charge in [0.2, 0.25) is 0 Å². The van der Waals surface area contributed by atoms with Crippen LogP contribution in [0.3, 0.4) is 0 Å². The third kappa shape index (κ3) is 4.23. The molecule has 0 fully saturated rings. The van der Waals surface area contributed by atoms with Gasteiger partial charge in [-0.25, -0.2) is 0 Å². The van der Waals surface area contributed by atoms with E-state index in [1.54, 1.807) is 51.1 Å². The Morgan fingerprint density at radius 2 is 1.96 bits per heavy atom. The van der Waals surface area contributed by atoms with Crippen LogP contribution < -0.4 is 10.1 Å². The number of nitrogens with one attached hydrogen (secondary N) is 1. The average molecular weight is 349 g/mol. The first-order valence-corrected chi connectivity index (χ1v) is 7.64. The lowest BCUT2D eigenvalue weighted by Crippen LogP contribution is -2.30. The van der Waals surface area contributed by atoms with Crippen LogP contribution in [0.5, 0.6) is 5.75 Å². The van der Waals surface area contributed by atoms with Crippen molar-refractivity contribution in [3.8, 4) is 5.75 Å². The van der Waals surface area contributed by atoms with Gasteiger partial charge in [-0.15, -0.1) is 0 Å². The number of aryl methyl sites for hydroxylation is 2. The van der Waals surface area contributed by atoms with E-state index < -0.39 is 11.0 Å². The highest BCUT2D eigenvalue weighted by Gasteiger charge is 2.18. The highest BCUT2D eigenvalue weighted by molar-refractivity contribution is 6.30. The van der Waals surface area contributed by atoms with Gasteiger partial charge < -0.3 is 10.1 Å². The highest BCUT2D eigenvalue weighted by atomic mass is 35.5. The van der Waals surface area contributed by atoms with Gasteiger partial charge in [0, 0.05) is 22.3 Å². The Kier molecular flexibility index (Phi) is 5.41. The molecule has 0 heterocycles. The largest absolute Gasteiger partial charge is 0.481 e. The summed E-state index contributed by atoms with van der Waals surface area (Å²) < 4.78 is 5.56. The molecule has 0 aliphatic carbocycles. The standard InChI is InChI=1S/C17H17ClN2O4/c1-10-8-16(20(22)23)11(2)7-15(10)19-17(21)12(3)24-14-6-4-5-13(18)9-14/h4-9,12H,1-3H3,(H,19,21). The molecule has 2 rings (SSSR count). The fraction of sp³-hybridized carbons (Fsp3) is 0.235. The van der Waals surface area contributed by atoms with Gasteiger partial charge in [0.25, 0.3) is 11.6 Å². The third-order valence-electron chi connectivity index (χ3n) is 3.48. The number of hydrogen-bond acceptors (Lipinski definition) is 4. The minimum absolute atomic E-state index is 0.0220. The van der Waals surface area contributed by atoms with E-state index in [1.165, 1.54) is 6.07 Å². The van der Waals surface area contributed by atoms with Crippen molar-refractivity contribution in [2.75, 3.05) is 5.32 Å². The van der Waals surface area contributed by atoms with E-state index in [-0.39, 0.29) is 11.6 Å². The predicted octanol–water partition coefficient (Wildman–Crippen LogP) is 4.27. The molecule has 24 heavy (non-hydrogen) atoms. The first kappa shape index (κ1) is 17.7. The lowest BCUT2D eigenvalue weighted by Gasteiger charge is -2.16. The molecular weight excluding hydrogens is 332 g/mol. The van der Waals surface area contributed by atoms with Crippen molar-refractivity contribution in [1.82, 2.24) is 0 Å². The van der Waals surface area contributed by atoms with Gasteiger partial charge in [-0.2, -0.15) is 0 Å². The number of carbonyl (C=O) groups is 1. The Hall–Kier alpha value is -2.60. The van der Waals surface area contributed by atoms with Crippen LogP contribution in [-0.2, 0) is 4.79 Å². The van der Waals surface area contributed by atoms with Crippen LogP contribution in [0.25, 0.3) is 0 Å². The van der Waals surface area contributed by atoms with Gasteiger partial charge in [0.05, 0.1) is 4.92 Å². The molecule has 1 amide bonds. The molecule has 0 aliphatic rings. The van der Waals surface area contributed by atoms with Gasteiger partial charge in [-0.05, 0) is 50.6 Å². The van der Waals surface area contributed by atoms with Crippen molar-refractivity contribution in [3.63, 3.8) is 0 Å². The minimum Gasteiger partial charge on any atom is -0.481 e. The topological polar surface area (TPSA) is 81.5 Å². The van der Waals surface area contributed by atoms with Crippen molar-refractivity contribution < 1.29 is 14.5 Å². The molecule has 1 unspecified atom stereocenters. The number of nitrogens with zero attached hydrogens (tertiary/aromatic N) is 1. The second-order valence-electron chi connectivity index (χ2n) is 5.42. The SMILES string of the molecule is Cc1cc([N+](=O)[O-])c(C)cc1NC(=O)C(C)Oc1cccc(Cl)c1. The Labute approximate surface area is 144 Å². The second-order valence-corrected chi connectivity index (χ2v) is 5.85. The average Bonchev–Trinajstić information content (AvgIpc) is 2.50. The van der Waals surface area contributed by atoms with Crippen LogP contribution in [0.2, 0.25) is 5.02 Å². The fourth-order valence-electron chi connectivity index (χ4n) is 2.16. The van der Waals surface area contributed by atoms with Crippen molar-refractivity contribution >= 4 is 28.9 Å². The van der Waals surface area contributed by atoms with E-state index in [1.807, 2.05) is 0 Å². The maximum Gasteiger partial charge on any atom is 0.272 e. The van der Waals surface area contributed by atoms with Crippen molar-refractivity contribution in [3.05, 3.63) is 62.7 Å². The molecule has 2 aromatic carbocycles. The molecular formula is C17H17ClN2O4. The molecule has 0 bridgehead atoms. The van der Waals surface area contributed by atoms with E-state index in [2.05, 4.69) is 5.32 Å². The lowest BCUT2D eigenvalue weighted by atomic mass is 10.1. The maximum atomic E-state index is 12.3. The molecule has 0 aliphatic heterocycles. The van der Waals surface area contributed by atoms with Crippen LogP contribution in [-0.4, -0.2) is 16.9 Å². The summed E-state index contributed by atoms with van der Waals surface area (Å²) in [7, 11) is 0. The minimum atomic E-state index is -0.752. The van der Waals surface area contributed by atoms with Crippen LogP contribution in [0.4, 0.5) is 11.4 Å². The fourth-order valence-corrected chi connectivity index (χ4v) is 2.34. The van der Waals surface area contributed by atoms with Gasteiger partial charge in [-0.1, -0.05) is 17.7 Å². The predicted molar refractivity (Wildman–Crippen MR) is 92.7 cm³/mol. The summed E-state index contributed by atoms with van der Waals surface area (Å²) >= 11 is 5.88. The van der Waals surface area contributed by atoms with Gasteiger partial charge in [0.15, 0.2) is 6.10 Å². The number of ether oxygens (including phenoxy) is 1. The van der Waals surface area contributed by atoms with Crippen LogP contribution >= 0.6 is 11.6 Å². The normalized spacial score (nSPS) is 11.7. The number of carbonyl (C=O) groups excluding carboxylic acids is 1. The smallest absolute Gasteiger partial charge is 0.272 e. The van der Waals surface area contributed by atoms with E-state index in [0.29, 0.717) is 27.6 Å². The zero-order valence-electron chi connectivity index (χ0n) is 13.5. The molecule has 6 nitrogen and oxygen atoms in total. The molecule has 0 spiro atoms. The molecule has 1 atom stereocenters. The van der Waals surface area contributed by atoms with Gasteiger partial charge in [0.1, 0.15) is 5.75 Å². The molecule has 7 heteroatoms. The van der Waals surface area contributed by atoms with Gasteiger partial charge in [-0.3, -0.25) is 14.9 Å². The summed E-state index contributed by atoms with van der Waals surface area (Å²) in [6.45, 7) is 4.94. The van der Waals surface area contributed by atoms with E-state index in [9.17, 15) is 14.9 Å². The Morgan fingerprint density at radius 1 is 1.25 bits per heavy atom. The molecule has 0 saturated carbocycles. The quantitative estimate of drug-likeness (QED) is 0.646. The Bertz CT molecular complexity index is 792. The number of benzene rings is 2. The summed E-state index contributed by atoms with van der Waals surface area (Å²) in [6.07, 6.45) is -0.752. The van der Waals surface area contributed by atoms with Gasteiger partial charge >= 0.3 is 0 Å². The Balaban J connectivity index is 2.11. The molecule has 126 valence electrons. The molecule has 0 radical (unpaired) electrons. The number of halogens is 1. The van der Waals surface area contributed by atoms with Crippen molar-refractivity contribution in [1.29, 1.82) is 0 Å². The first-order valence-electron chi connectivity index (χ1n) is 7.26. The van der Waals surface area contributed by atoms with Crippen molar-refractivity contribution in [2.45, 2.75) is 26.9 Å². The molecule has 0 aromatic heterocycles. The second kappa shape index (κ2) is 7.31.